The van der Waals surface area contributed by atoms with Crippen molar-refractivity contribution in [3.8, 4) is 0 Å². The Balaban J connectivity index is 1.43. The molecule has 4 aromatic carbocycles. The number of thioether (sulfide) groups is 2. The van der Waals surface area contributed by atoms with Crippen LogP contribution in [0.4, 0.5) is 0 Å². The lowest BCUT2D eigenvalue weighted by Gasteiger charge is -2.38. The lowest BCUT2D eigenvalue weighted by molar-refractivity contribution is -0.164. The number of aryl methyl sites for hydroxylation is 1. The van der Waals surface area contributed by atoms with Crippen molar-refractivity contribution in [1.82, 2.24) is 0 Å². The lowest BCUT2D eigenvalue weighted by Crippen LogP contribution is -2.49. The van der Waals surface area contributed by atoms with Gasteiger partial charge in [0.25, 0.3) is 10.1 Å². The Morgan fingerprint density at radius 1 is 0.760 bits per heavy atom. The molecule has 0 unspecified atom stereocenters. The van der Waals surface area contributed by atoms with E-state index in [-0.39, 0.29) is 17.6 Å². The molecule has 0 N–H and O–H groups in total. The van der Waals surface area contributed by atoms with Crippen molar-refractivity contribution < 1.29 is 31.5 Å². The van der Waals surface area contributed by atoms with E-state index in [4.69, 9.17) is 23.1 Å². The van der Waals surface area contributed by atoms with Crippen LogP contribution in [-0.2, 0) is 38.8 Å². The van der Waals surface area contributed by atoms with Gasteiger partial charge in [-0.05, 0) is 73.9 Å². The average molecular weight is 735 g/mol. The number of benzene rings is 4. The van der Waals surface area contributed by atoms with Gasteiger partial charge in [-0.25, -0.2) is 0 Å². The minimum atomic E-state index is -4.26. The Hall–Kier alpha value is -2.67. The van der Waals surface area contributed by atoms with E-state index in [0.29, 0.717) is 11.0 Å². The van der Waals surface area contributed by atoms with Crippen LogP contribution in [0.5, 0.6) is 0 Å². The number of hydrogen-bond acceptors (Lipinski definition) is 9. The number of ether oxygens (including phenoxy) is 4. The molecule has 6 rings (SSSR count). The van der Waals surface area contributed by atoms with Gasteiger partial charge in [-0.15, -0.1) is 23.5 Å². The van der Waals surface area contributed by atoms with Gasteiger partial charge in [0.2, 0.25) is 0 Å². The molecule has 0 bridgehead atoms. The van der Waals surface area contributed by atoms with E-state index in [2.05, 4.69) is 0 Å². The fourth-order valence-electron chi connectivity index (χ4n) is 6.70. The van der Waals surface area contributed by atoms with Gasteiger partial charge in [-0.3, -0.25) is 4.18 Å². The first-order valence-electron chi connectivity index (χ1n) is 17.0. The van der Waals surface area contributed by atoms with E-state index in [0.717, 1.165) is 33.8 Å². The Bertz CT molecular complexity index is 1650. The Kier molecular flexibility index (Phi) is 12.1. The molecular weight excluding hydrogens is 689 g/mol. The topological polar surface area (TPSA) is 80.3 Å². The molecule has 0 radical (unpaired) electrons. The van der Waals surface area contributed by atoms with Crippen LogP contribution in [0.3, 0.4) is 0 Å². The zero-order valence-electron chi connectivity index (χ0n) is 29.0. The van der Waals surface area contributed by atoms with Gasteiger partial charge in [-0.1, -0.05) is 109 Å². The van der Waals surface area contributed by atoms with E-state index in [1.807, 2.05) is 135 Å². The molecule has 2 fully saturated rings. The summed E-state index contributed by atoms with van der Waals surface area (Å²) >= 11 is 3.85. The quantitative estimate of drug-likeness (QED) is 0.0941. The van der Waals surface area contributed by atoms with Crippen molar-refractivity contribution in [2.24, 2.45) is 0 Å². The smallest absolute Gasteiger partial charge is 0.297 e. The molecule has 2 saturated heterocycles. The van der Waals surface area contributed by atoms with Crippen LogP contribution in [0.15, 0.2) is 120 Å². The predicted molar refractivity (Wildman–Crippen MR) is 201 cm³/mol. The maximum atomic E-state index is 14.1. The van der Waals surface area contributed by atoms with Crippen LogP contribution in [0.25, 0.3) is 0 Å². The molecule has 50 heavy (non-hydrogen) atoms. The Labute approximate surface area is 305 Å². The molecule has 7 nitrogen and oxygen atoms in total. The summed E-state index contributed by atoms with van der Waals surface area (Å²) in [5, 5.41) is 0. The van der Waals surface area contributed by atoms with Crippen molar-refractivity contribution in [2.75, 3.05) is 25.2 Å². The van der Waals surface area contributed by atoms with Crippen LogP contribution >= 0.6 is 23.5 Å². The molecule has 2 aliphatic heterocycles. The van der Waals surface area contributed by atoms with Gasteiger partial charge < -0.3 is 18.9 Å². The minimum absolute atomic E-state index is 0.0570. The summed E-state index contributed by atoms with van der Waals surface area (Å²) in [6, 6.07) is 36.6. The molecule has 0 amide bonds. The summed E-state index contributed by atoms with van der Waals surface area (Å²) < 4.78 is 61.1. The highest BCUT2D eigenvalue weighted by Gasteiger charge is 2.52. The van der Waals surface area contributed by atoms with E-state index >= 15 is 0 Å². The summed E-state index contributed by atoms with van der Waals surface area (Å²) in [5.74, 6) is 1.17. The van der Waals surface area contributed by atoms with Gasteiger partial charge in [0.1, 0.15) is 23.9 Å². The van der Waals surface area contributed by atoms with E-state index in [1.165, 1.54) is 6.42 Å². The summed E-state index contributed by atoms with van der Waals surface area (Å²) in [6.07, 6.45) is -1.05. The van der Waals surface area contributed by atoms with Crippen LogP contribution in [0.2, 0.25) is 0 Å². The second-order valence-electron chi connectivity index (χ2n) is 13.1. The molecule has 2 heterocycles. The molecule has 10 heteroatoms. The first-order valence-corrected chi connectivity index (χ1v) is 20.5. The zero-order chi connectivity index (χ0) is 35.2. The standard InChI is InChI=1S/C40H46O7S3/c1-29-21-23-33(24-22-29)50(41,42)47-35(38-37(45-39(2,3)46-38)34(43-4)27-36-48-25-14-26-49-36)28-44-40(30-15-8-5-9-16-30,31-17-10-6-11-18-31)32-19-12-7-13-20-32/h5-13,15-24,34-38H,14,25-28H2,1-4H3/t34-,35-,37-,38-/m1/s1. The normalized spacial score (nSPS) is 21.1. The predicted octanol–water partition coefficient (Wildman–Crippen LogP) is 8.20. The molecule has 266 valence electrons. The third-order valence-electron chi connectivity index (χ3n) is 9.09. The molecule has 4 atom stereocenters. The Morgan fingerprint density at radius 3 is 1.72 bits per heavy atom. The van der Waals surface area contributed by atoms with Crippen LogP contribution in [0.1, 0.15) is 48.9 Å². The van der Waals surface area contributed by atoms with Crippen LogP contribution in [-0.4, -0.2) is 68.4 Å². The molecule has 0 aliphatic carbocycles. The minimum Gasteiger partial charge on any atom is -0.379 e. The van der Waals surface area contributed by atoms with Crippen LogP contribution in [0, 0.1) is 6.92 Å². The fourth-order valence-corrected chi connectivity index (χ4v) is 10.7. The maximum Gasteiger partial charge on any atom is 0.297 e. The largest absolute Gasteiger partial charge is 0.379 e. The first-order chi connectivity index (χ1) is 24.1. The summed E-state index contributed by atoms with van der Waals surface area (Å²) in [4.78, 5) is 0.0570. The maximum absolute atomic E-state index is 14.1. The van der Waals surface area contributed by atoms with Crippen molar-refractivity contribution >= 4 is 33.6 Å². The molecule has 0 aromatic heterocycles. The second-order valence-corrected chi connectivity index (χ2v) is 17.6. The fraction of sp³-hybridized carbons (Fsp3) is 0.400. The third-order valence-corrected chi connectivity index (χ3v) is 13.4. The van der Waals surface area contributed by atoms with Crippen molar-refractivity contribution in [3.63, 3.8) is 0 Å². The molecule has 4 aromatic rings. The summed E-state index contributed by atoms with van der Waals surface area (Å²) in [7, 11) is -2.58. The number of rotatable bonds is 14. The van der Waals surface area contributed by atoms with Gasteiger partial charge in [-0.2, -0.15) is 8.42 Å². The van der Waals surface area contributed by atoms with Gasteiger partial charge in [0.05, 0.1) is 22.2 Å². The van der Waals surface area contributed by atoms with Crippen molar-refractivity contribution in [3.05, 3.63) is 138 Å². The Morgan fingerprint density at radius 2 is 1.24 bits per heavy atom. The van der Waals surface area contributed by atoms with Crippen LogP contribution < -0.4 is 0 Å². The number of methoxy groups -OCH3 is 1. The van der Waals surface area contributed by atoms with E-state index in [9.17, 15) is 8.42 Å². The highest BCUT2D eigenvalue weighted by Crippen LogP contribution is 2.43. The van der Waals surface area contributed by atoms with Crippen molar-refractivity contribution in [1.29, 1.82) is 0 Å². The third kappa shape index (κ3) is 8.51. The summed E-state index contributed by atoms with van der Waals surface area (Å²) in [5.41, 5.74) is 2.50. The first kappa shape index (κ1) is 37.1. The second kappa shape index (κ2) is 16.3. The molecule has 2 aliphatic rings. The van der Waals surface area contributed by atoms with Gasteiger partial charge in [0, 0.05) is 7.11 Å². The van der Waals surface area contributed by atoms with E-state index < -0.39 is 39.8 Å². The monoisotopic (exact) mass is 734 g/mol. The number of hydrogen-bond donors (Lipinski definition) is 0. The van der Waals surface area contributed by atoms with Gasteiger partial charge in [0.15, 0.2) is 5.79 Å². The van der Waals surface area contributed by atoms with E-state index in [1.54, 1.807) is 31.4 Å². The highest BCUT2D eigenvalue weighted by molar-refractivity contribution is 8.17. The van der Waals surface area contributed by atoms with Crippen molar-refractivity contribution in [2.45, 2.75) is 78.9 Å². The zero-order valence-corrected chi connectivity index (χ0v) is 31.4. The average Bonchev–Trinajstić information content (AvgIpc) is 3.47. The van der Waals surface area contributed by atoms with Gasteiger partial charge >= 0.3 is 0 Å². The molecule has 0 spiro atoms. The summed E-state index contributed by atoms with van der Waals surface area (Å²) in [6.45, 7) is 5.44. The molecule has 0 saturated carbocycles. The lowest BCUT2D eigenvalue weighted by atomic mass is 9.80. The highest BCUT2D eigenvalue weighted by atomic mass is 32.2. The SMILES string of the molecule is CO[C@H](CC1SCCCS1)[C@H]1OC(C)(C)O[C@@H]1[C@@H](COC(c1ccccc1)(c1ccccc1)c1ccccc1)OS(=O)(=O)c1ccc(C)cc1. The molecular formula is C40H46O7S3.